The Labute approximate surface area is 149 Å². The summed E-state index contributed by atoms with van der Waals surface area (Å²) in [7, 11) is -3.43. The fourth-order valence-corrected chi connectivity index (χ4v) is 4.53. The van der Waals surface area contributed by atoms with Gasteiger partial charge in [-0.3, -0.25) is 9.69 Å². The SMILES string of the molecule is O=C1NCCCCC1N1CCN(S(=O)(=O)C=Cc2ccccc2)CC1. The number of carbonyl (C=O) groups is 1. The molecule has 1 unspecified atom stereocenters. The molecule has 3 rings (SSSR count). The molecule has 1 amide bonds. The number of nitrogens with zero attached hydrogens (tertiary/aromatic N) is 2. The summed E-state index contributed by atoms with van der Waals surface area (Å²) in [4.78, 5) is 14.3. The van der Waals surface area contributed by atoms with E-state index in [0.29, 0.717) is 26.2 Å². The molecular formula is C18H25N3O3S. The standard InChI is InChI=1S/C18H25N3O3S/c22-18-17(8-4-5-10-19-18)20-11-13-21(14-12-20)25(23,24)15-9-16-6-2-1-3-7-16/h1-3,6-7,9,15,17H,4-5,8,10-14H2,(H,19,22). The Morgan fingerprint density at radius 3 is 2.48 bits per heavy atom. The smallest absolute Gasteiger partial charge is 0.237 e. The topological polar surface area (TPSA) is 69.7 Å². The first-order chi connectivity index (χ1) is 12.1. The van der Waals surface area contributed by atoms with Gasteiger partial charge in [0.15, 0.2) is 0 Å². The number of sulfonamides is 1. The van der Waals surface area contributed by atoms with Crippen molar-refractivity contribution in [2.75, 3.05) is 32.7 Å². The maximum Gasteiger partial charge on any atom is 0.237 e. The van der Waals surface area contributed by atoms with Crippen molar-refractivity contribution >= 4 is 22.0 Å². The number of piperazine rings is 1. The van der Waals surface area contributed by atoms with Crippen LogP contribution in [-0.2, 0) is 14.8 Å². The molecule has 2 saturated heterocycles. The lowest BCUT2D eigenvalue weighted by molar-refractivity contribution is -0.126. The Balaban J connectivity index is 1.59. The highest BCUT2D eigenvalue weighted by Crippen LogP contribution is 2.17. The Kier molecular flexibility index (Phi) is 5.88. The second-order valence-corrected chi connectivity index (χ2v) is 8.31. The molecule has 0 radical (unpaired) electrons. The van der Waals surface area contributed by atoms with E-state index < -0.39 is 10.0 Å². The minimum absolute atomic E-state index is 0.0813. The fourth-order valence-electron chi connectivity index (χ4n) is 3.36. The molecule has 1 N–H and O–H groups in total. The van der Waals surface area contributed by atoms with Crippen molar-refractivity contribution in [3.05, 3.63) is 41.3 Å². The summed E-state index contributed by atoms with van der Waals surface area (Å²) < 4.78 is 26.5. The van der Waals surface area contributed by atoms with E-state index in [4.69, 9.17) is 0 Å². The molecule has 1 atom stereocenters. The van der Waals surface area contributed by atoms with Crippen molar-refractivity contribution in [1.29, 1.82) is 0 Å². The summed E-state index contributed by atoms with van der Waals surface area (Å²) in [6, 6.07) is 9.27. The highest BCUT2D eigenvalue weighted by Gasteiger charge is 2.32. The number of benzene rings is 1. The maximum atomic E-state index is 12.5. The van der Waals surface area contributed by atoms with Crippen molar-refractivity contribution in [3.63, 3.8) is 0 Å². The van der Waals surface area contributed by atoms with Gasteiger partial charge in [0.2, 0.25) is 15.9 Å². The van der Waals surface area contributed by atoms with E-state index in [0.717, 1.165) is 31.4 Å². The molecule has 0 aliphatic carbocycles. The summed E-state index contributed by atoms with van der Waals surface area (Å²) in [6.07, 6.45) is 4.52. The monoisotopic (exact) mass is 363 g/mol. The van der Waals surface area contributed by atoms with Crippen LogP contribution in [0.3, 0.4) is 0 Å². The number of nitrogens with one attached hydrogen (secondary N) is 1. The van der Waals surface area contributed by atoms with Gasteiger partial charge in [-0.2, -0.15) is 4.31 Å². The molecule has 6 nitrogen and oxygen atoms in total. The maximum absolute atomic E-state index is 12.5. The summed E-state index contributed by atoms with van der Waals surface area (Å²) in [5.41, 5.74) is 0.861. The third-order valence-corrected chi connectivity index (χ3v) is 6.38. The highest BCUT2D eigenvalue weighted by atomic mass is 32.2. The van der Waals surface area contributed by atoms with Gasteiger partial charge in [-0.25, -0.2) is 8.42 Å². The number of hydrogen-bond acceptors (Lipinski definition) is 4. The van der Waals surface area contributed by atoms with E-state index in [1.54, 1.807) is 6.08 Å². The summed E-state index contributed by atoms with van der Waals surface area (Å²) in [5, 5.41) is 4.22. The number of carbonyl (C=O) groups excluding carboxylic acids is 1. The molecule has 0 saturated carbocycles. The van der Waals surface area contributed by atoms with Gasteiger partial charge in [0, 0.05) is 38.1 Å². The van der Waals surface area contributed by atoms with Crippen molar-refractivity contribution < 1.29 is 13.2 Å². The van der Waals surface area contributed by atoms with Gasteiger partial charge in [-0.05, 0) is 30.9 Å². The third kappa shape index (κ3) is 4.68. The van der Waals surface area contributed by atoms with Crippen LogP contribution in [0.5, 0.6) is 0 Å². The Hall–Kier alpha value is -1.70. The minimum Gasteiger partial charge on any atom is -0.355 e. The highest BCUT2D eigenvalue weighted by molar-refractivity contribution is 7.92. The van der Waals surface area contributed by atoms with E-state index in [-0.39, 0.29) is 11.9 Å². The van der Waals surface area contributed by atoms with Gasteiger partial charge in [-0.1, -0.05) is 30.3 Å². The van der Waals surface area contributed by atoms with E-state index in [1.165, 1.54) is 9.71 Å². The molecule has 7 heteroatoms. The summed E-state index contributed by atoms with van der Waals surface area (Å²) in [6.45, 7) is 2.78. The summed E-state index contributed by atoms with van der Waals surface area (Å²) >= 11 is 0. The number of amides is 1. The van der Waals surface area contributed by atoms with Gasteiger partial charge >= 0.3 is 0 Å². The number of hydrogen-bond donors (Lipinski definition) is 1. The quantitative estimate of drug-likeness (QED) is 0.875. The minimum atomic E-state index is -3.43. The summed E-state index contributed by atoms with van der Waals surface area (Å²) in [5.74, 6) is 0.0813. The zero-order valence-electron chi connectivity index (χ0n) is 14.3. The Bertz CT molecular complexity index is 710. The molecule has 2 heterocycles. The Morgan fingerprint density at radius 1 is 1.04 bits per heavy atom. The molecular weight excluding hydrogens is 338 g/mol. The Morgan fingerprint density at radius 2 is 1.76 bits per heavy atom. The molecule has 0 aromatic heterocycles. The first-order valence-electron chi connectivity index (χ1n) is 8.81. The van der Waals surface area contributed by atoms with Crippen LogP contribution < -0.4 is 5.32 Å². The molecule has 25 heavy (non-hydrogen) atoms. The lowest BCUT2D eigenvalue weighted by atomic mass is 10.1. The molecule has 1 aromatic carbocycles. The molecule has 0 spiro atoms. The van der Waals surface area contributed by atoms with Gasteiger partial charge in [0.05, 0.1) is 6.04 Å². The van der Waals surface area contributed by atoms with Crippen molar-refractivity contribution in [2.24, 2.45) is 0 Å². The predicted molar refractivity (Wildman–Crippen MR) is 98.2 cm³/mol. The van der Waals surface area contributed by atoms with Crippen molar-refractivity contribution in [2.45, 2.75) is 25.3 Å². The lowest BCUT2D eigenvalue weighted by Gasteiger charge is -2.37. The first kappa shape index (κ1) is 18.1. The largest absolute Gasteiger partial charge is 0.355 e. The average Bonchev–Trinajstić information content (AvgIpc) is 2.85. The molecule has 136 valence electrons. The van der Waals surface area contributed by atoms with Gasteiger partial charge in [0.1, 0.15) is 0 Å². The van der Waals surface area contributed by atoms with Crippen molar-refractivity contribution in [1.82, 2.24) is 14.5 Å². The van der Waals surface area contributed by atoms with E-state index >= 15 is 0 Å². The van der Waals surface area contributed by atoms with Gasteiger partial charge in [0.25, 0.3) is 0 Å². The first-order valence-corrected chi connectivity index (χ1v) is 10.3. The van der Waals surface area contributed by atoms with E-state index in [1.807, 2.05) is 30.3 Å². The molecule has 2 fully saturated rings. The van der Waals surface area contributed by atoms with E-state index in [2.05, 4.69) is 10.2 Å². The molecule has 0 bridgehead atoms. The second kappa shape index (κ2) is 8.12. The van der Waals surface area contributed by atoms with Crippen LogP contribution in [0.4, 0.5) is 0 Å². The van der Waals surface area contributed by atoms with Crippen LogP contribution >= 0.6 is 0 Å². The van der Waals surface area contributed by atoms with Crippen molar-refractivity contribution in [3.8, 4) is 0 Å². The van der Waals surface area contributed by atoms with Crippen LogP contribution in [-0.4, -0.2) is 62.3 Å². The molecule has 2 aliphatic heterocycles. The van der Waals surface area contributed by atoms with Crippen LogP contribution in [0.1, 0.15) is 24.8 Å². The van der Waals surface area contributed by atoms with Crippen LogP contribution in [0.15, 0.2) is 35.7 Å². The van der Waals surface area contributed by atoms with Crippen LogP contribution in [0.25, 0.3) is 6.08 Å². The predicted octanol–water partition coefficient (Wildman–Crippen LogP) is 1.27. The van der Waals surface area contributed by atoms with Gasteiger partial charge in [-0.15, -0.1) is 0 Å². The van der Waals surface area contributed by atoms with Crippen LogP contribution in [0.2, 0.25) is 0 Å². The number of rotatable bonds is 4. The van der Waals surface area contributed by atoms with Crippen LogP contribution in [0, 0.1) is 0 Å². The average molecular weight is 363 g/mol. The van der Waals surface area contributed by atoms with Gasteiger partial charge < -0.3 is 5.32 Å². The molecule has 2 aliphatic rings. The van der Waals surface area contributed by atoms with E-state index in [9.17, 15) is 13.2 Å². The fraction of sp³-hybridized carbons (Fsp3) is 0.500. The zero-order chi connectivity index (χ0) is 17.7. The second-order valence-electron chi connectivity index (χ2n) is 6.50. The normalized spacial score (nSPS) is 24.2. The molecule has 1 aromatic rings. The third-order valence-electron chi connectivity index (χ3n) is 4.81. The zero-order valence-corrected chi connectivity index (χ0v) is 15.1. The lowest BCUT2D eigenvalue weighted by Crippen LogP contribution is -2.55.